The van der Waals surface area contributed by atoms with Gasteiger partial charge in [-0.1, -0.05) is 61.4 Å². The summed E-state index contributed by atoms with van der Waals surface area (Å²) in [5, 5.41) is 8.71. The molecule has 1 aliphatic rings. The van der Waals surface area contributed by atoms with E-state index in [0.29, 0.717) is 5.39 Å². The summed E-state index contributed by atoms with van der Waals surface area (Å²) in [6, 6.07) is 17.4. The molecular formula is C21H21N3O2. The molecular weight excluding hydrogens is 326 g/mol. The molecule has 0 unspecified atom stereocenters. The Balaban J connectivity index is 1.59. The van der Waals surface area contributed by atoms with Crippen LogP contribution in [-0.2, 0) is 16.9 Å². The van der Waals surface area contributed by atoms with E-state index >= 15 is 0 Å². The van der Waals surface area contributed by atoms with Gasteiger partial charge < -0.3 is 5.32 Å². The van der Waals surface area contributed by atoms with Crippen molar-refractivity contribution in [2.24, 2.45) is 0 Å². The lowest BCUT2D eigenvalue weighted by atomic mass is 9.88. The maximum atomic E-state index is 12.7. The standard InChI is InChI=1S/C21H21N3O2/c25-19(15-24-20(26)18-11-5-4-8-16(18)14-22-24)23-21(12-6-7-13-21)17-9-2-1-3-10-17/h1-5,8-11,14H,6-7,12-13,15H2,(H,23,25). The number of nitrogens with zero attached hydrogens (tertiary/aromatic N) is 2. The highest BCUT2D eigenvalue weighted by molar-refractivity contribution is 5.81. The lowest BCUT2D eigenvalue weighted by molar-refractivity contribution is -0.124. The average molecular weight is 347 g/mol. The van der Waals surface area contributed by atoms with Gasteiger partial charge in [-0.3, -0.25) is 9.59 Å². The molecule has 0 atom stereocenters. The Morgan fingerprint density at radius 3 is 2.50 bits per heavy atom. The van der Waals surface area contributed by atoms with Gasteiger partial charge in [-0.25, -0.2) is 4.68 Å². The Bertz CT molecular complexity index is 989. The van der Waals surface area contributed by atoms with Crippen LogP contribution in [0.25, 0.3) is 10.8 Å². The summed E-state index contributed by atoms with van der Waals surface area (Å²) < 4.78 is 1.24. The highest BCUT2D eigenvalue weighted by Gasteiger charge is 2.36. The van der Waals surface area contributed by atoms with Crippen LogP contribution < -0.4 is 10.9 Å². The van der Waals surface area contributed by atoms with Crippen molar-refractivity contribution in [3.63, 3.8) is 0 Å². The molecule has 1 fully saturated rings. The fourth-order valence-corrected chi connectivity index (χ4v) is 3.90. The first kappa shape index (κ1) is 16.5. The fraction of sp³-hybridized carbons (Fsp3) is 0.286. The van der Waals surface area contributed by atoms with Gasteiger partial charge in [0.05, 0.1) is 17.1 Å². The zero-order chi connectivity index (χ0) is 18.0. The zero-order valence-corrected chi connectivity index (χ0v) is 14.5. The van der Waals surface area contributed by atoms with Crippen LogP contribution in [0.3, 0.4) is 0 Å². The summed E-state index contributed by atoms with van der Waals surface area (Å²) in [5.74, 6) is -0.180. The van der Waals surface area contributed by atoms with Gasteiger partial charge in [-0.15, -0.1) is 0 Å². The smallest absolute Gasteiger partial charge is 0.275 e. The molecule has 1 heterocycles. The van der Waals surface area contributed by atoms with Crippen molar-refractivity contribution >= 4 is 16.7 Å². The van der Waals surface area contributed by atoms with Gasteiger partial charge >= 0.3 is 0 Å². The van der Waals surface area contributed by atoms with Crippen LogP contribution in [-0.4, -0.2) is 15.7 Å². The van der Waals surface area contributed by atoms with Crippen molar-refractivity contribution in [2.75, 3.05) is 0 Å². The number of nitrogens with one attached hydrogen (secondary N) is 1. The first-order valence-corrected chi connectivity index (χ1v) is 8.99. The highest BCUT2D eigenvalue weighted by Crippen LogP contribution is 2.38. The van der Waals surface area contributed by atoms with Crippen molar-refractivity contribution in [3.05, 3.63) is 76.7 Å². The van der Waals surface area contributed by atoms with Gasteiger partial charge in [-0.2, -0.15) is 5.10 Å². The maximum absolute atomic E-state index is 12.7. The van der Waals surface area contributed by atoms with Gasteiger partial charge in [0, 0.05) is 5.39 Å². The van der Waals surface area contributed by atoms with E-state index in [2.05, 4.69) is 22.5 Å². The number of carbonyl (C=O) groups is 1. The first-order chi connectivity index (χ1) is 12.7. The minimum absolute atomic E-state index is 0.0712. The van der Waals surface area contributed by atoms with Crippen molar-refractivity contribution in [2.45, 2.75) is 37.8 Å². The Morgan fingerprint density at radius 2 is 1.73 bits per heavy atom. The van der Waals surface area contributed by atoms with Crippen LogP contribution in [0.15, 0.2) is 65.6 Å². The van der Waals surface area contributed by atoms with Crippen molar-refractivity contribution in [1.82, 2.24) is 15.1 Å². The molecule has 1 saturated carbocycles. The number of carbonyl (C=O) groups excluding carboxylic acids is 1. The third kappa shape index (κ3) is 3.01. The van der Waals surface area contributed by atoms with Gasteiger partial charge in [0.25, 0.3) is 5.56 Å². The van der Waals surface area contributed by atoms with Crippen LogP contribution in [0.4, 0.5) is 0 Å². The monoisotopic (exact) mass is 347 g/mol. The van der Waals surface area contributed by atoms with Crippen LogP contribution in [0.2, 0.25) is 0 Å². The number of fused-ring (bicyclic) bond motifs is 1. The summed E-state index contributed by atoms with van der Waals surface area (Å²) in [6.07, 6.45) is 5.64. The third-order valence-electron chi connectivity index (χ3n) is 5.22. The van der Waals surface area contributed by atoms with Crippen LogP contribution in [0.5, 0.6) is 0 Å². The average Bonchev–Trinajstić information content (AvgIpc) is 3.14. The Hall–Kier alpha value is -2.95. The minimum atomic E-state index is -0.335. The van der Waals surface area contributed by atoms with Gasteiger partial charge in [-0.05, 0) is 24.5 Å². The van der Waals surface area contributed by atoms with Crippen LogP contribution in [0, 0.1) is 0 Å². The van der Waals surface area contributed by atoms with Crippen molar-refractivity contribution < 1.29 is 4.79 Å². The quantitative estimate of drug-likeness (QED) is 0.789. The molecule has 3 aromatic rings. The summed E-state index contributed by atoms with van der Waals surface area (Å²) in [4.78, 5) is 25.3. The van der Waals surface area contributed by atoms with Crippen LogP contribution in [0.1, 0.15) is 31.2 Å². The molecule has 0 aliphatic heterocycles. The molecule has 1 aliphatic carbocycles. The minimum Gasteiger partial charge on any atom is -0.345 e. The van der Waals surface area contributed by atoms with E-state index in [-0.39, 0.29) is 23.6 Å². The molecule has 26 heavy (non-hydrogen) atoms. The van der Waals surface area contributed by atoms with E-state index < -0.39 is 0 Å². The predicted octanol–water partition coefficient (Wildman–Crippen LogP) is 2.98. The molecule has 4 rings (SSSR count). The second kappa shape index (κ2) is 6.75. The number of amides is 1. The molecule has 0 bridgehead atoms. The molecule has 5 heteroatoms. The molecule has 132 valence electrons. The molecule has 0 saturated heterocycles. The summed E-state index contributed by atoms with van der Waals surface area (Å²) >= 11 is 0. The Kier molecular flexibility index (Phi) is 4.29. The number of hydrogen-bond donors (Lipinski definition) is 1. The second-order valence-electron chi connectivity index (χ2n) is 6.90. The van der Waals surface area contributed by atoms with E-state index in [9.17, 15) is 9.59 Å². The van der Waals surface area contributed by atoms with Crippen LogP contribution >= 0.6 is 0 Å². The highest BCUT2D eigenvalue weighted by atomic mass is 16.2. The van der Waals surface area contributed by atoms with Crippen molar-refractivity contribution in [1.29, 1.82) is 0 Å². The summed E-state index contributed by atoms with van der Waals surface area (Å²) in [7, 11) is 0. The summed E-state index contributed by atoms with van der Waals surface area (Å²) in [6.45, 7) is -0.0712. The zero-order valence-electron chi connectivity index (χ0n) is 14.5. The van der Waals surface area contributed by atoms with E-state index in [1.807, 2.05) is 36.4 Å². The molecule has 2 aromatic carbocycles. The second-order valence-corrected chi connectivity index (χ2v) is 6.90. The molecule has 1 amide bonds. The molecule has 5 nitrogen and oxygen atoms in total. The lowest BCUT2D eigenvalue weighted by Gasteiger charge is -2.31. The Labute approximate surface area is 151 Å². The Morgan fingerprint density at radius 1 is 1.04 bits per heavy atom. The SMILES string of the molecule is O=C(Cn1ncc2ccccc2c1=O)NC1(c2ccccc2)CCCC1. The number of hydrogen-bond acceptors (Lipinski definition) is 3. The third-order valence-corrected chi connectivity index (χ3v) is 5.22. The molecule has 1 N–H and O–H groups in total. The van der Waals surface area contributed by atoms with E-state index in [1.165, 1.54) is 4.68 Å². The van der Waals surface area contributed by atoms with E-state index in [1.54, 1.807) is 12.3 Å². The normalized spacial score (nSPS) is 15.8. The number of aromatic nitrogens is 2. The lowest BCUT2D eigenvalue weighted by Crippen LogP contribution is -2.46. The number of benzene rings is 2. The predicted molar refractivity (Wildman–Crippen MR) is 101 cm³/mol. The maximum Gasteiger partial charge on any atom is 0.275 e. The summed E-state index contributed by atoms with van der Waals surface area (Å²) in [5.41, 5.74) is 0.557. The van der Waals surface area contributed by atoms with Crippen molar-refractivity contribution in [3.8, 4) is 0 Å². The molecule has 0 spiro atoms. The van der Waals surface area contributed by atoms with Gasteiger partial charge in [0.1, 0.15) is 6.54 Å². The largest absolute Gasteiger partial charge is 0.345 e. The van der Waals surface area contributed by atoms with E-state index in [0.717, 1.165) is 36.6 Å². The topological polar surface area (TPSA) is 64.0 Å². The number of rotatable bonds is 4. The van der Waals surface area contributed by atoms with E-state index in [4.69, 9.17) is 0 Å². The first-order valence-electron chi connectivity index (χ1n) is 8.99. The van der Waals surface area contributed by atoms with Gasteiger partial charge in [0.15, 0.2) is 0 Å². The molecule has 1 aromatic heterocycles. The van der Waals surface area contributed by atoms with Gasteiger partial charge in [0.2, 0.25) is 5.91 Å². The molecule has 0 radical (unpaired) electrons. The fourth-order valence-electron chi connectivity index (χ4n) is 3.90.